The Morgan fingerprint density at radius 3 is 2.95 bits per heavy atom. The second-order valence-electron chi connectivity index (χ2n) is 4.90. The van der Waals surface area contributed by atoms with Gasteiger partial charge in [0.1, 0.15) is 0 Å². The lowest BCUT2D eigenvalue weighted by molar-refractivity contribution is -0.118. The van der Waals surface area contributed by atoms with Crippen LogP contribution in [0.1, 0.15) is 31.7 Å². The second kappa shape index (κ2) is 6.57. The largest absolute Gasteiger partial charge is 0.399 e. The number of nitrogen functional groups attached to an aromatic ring is 1. The van der Waals surface area contributed by atoms with Crippen molar-refractivity contribution in [3.63, 3.8) is 0 Å². The van der Waals surface area contributed by atoms with Crippen LogP contribution in [0.3, 0.4) is 0 Å². The first-order valence-electron chi connectivity index (χ1n) is 6.99. The molecule has 1 amide bonds. The van der Waals surface area contributed by atoms with Crippen molar-refractivity contribution in [2.45, 2.75) is 32.6 Å². The van der Waals surface area contributed by atoms with Crippen LogP contribution in [0.4, 0.5) is 11.4 Å². The fraction of sp³-hybridized carbons (Fsp3) is 0.533. The number of anilines is 2. The minimum absolute atomic E-state index is 0.184. The fourth-order valence-corrected chi connectivity index (χ4v) is 2.42. The van der Waals surface area contributed by atoms with Crippen LogP contribution in [-0.2, 0) is 16.0 Å². The van der Waals surface area contributed by atoms with Crippen molar-refractivity contribution in [3.8, 4) is 0 Å². The van der Waals surface area contributed by atoms with E-state index in [1.54, 1.807) is 0 Å². The molecule has 0 aliphatic carbocycles. The molecule has 0 saturated heterocycles. The normalized spacial score (nSPS) is 15.2. The summed E-state index contributed by atoms with van der Waals surface area (Å²) >= 11 is 0. The van der Waals surface area contributed by atoms with E-state index in [2.05, 4.69) is 6.92 Å². The molecule has 1 aromatic rings. The average molecular weight is 262 g/mol. The molecule has 19 heavy (non-hydrogen) atoms. The number of carbonyl (C=O) groups is 1. The Morgan fingerprint density at radius 1 is 1.32 bits per heavy atom. The van der Waals surface area contributed by atoms with Gasteiger partial charge in [-0.25, -0.2) is 0 Å². The monoisotopic (exact) mass is 262 g/mol. The standard InChI is InChI=1S/C15H22N2O2/c1-2-9-19-10-8-17-14-7-6-13(16)11-12(14)4-3-5-15(17)18/h6-7,11H,2-5,8-10,16H2,1H3. The number of nitrogens with zero attached hydrogens (tertiary/aromatic N) is 1. The Labute approximate surface area is 114 Å². The molecule has 1 heterocycles. The lowest BCUT2D eigenvalue weighted by Crippen LogP contribution is -2.33. The number of ether oxygens (including phenoxy) is 1. The first kappa shape index (κ1) is 13.9. The van der Waals surface area contributed by atoms with E-state index in [1.165, 1.54) is 5.56 Å². The van der Waals surface area contributed by atoms with E-state index in [-0.39, 0.29) is 5.91 Å². The van der Waals surface area contributed by atoms with Crippen LogP contribution in [0.5, 0.6) is 0 Å². The Balaban J connectivity index is 2.13. The molecule has 0 fully saturated rings. The summed E-state index contributed by atoms with van der Waals surface area (Å²) in [5.41, 5.74) is 8.75. The zero-order valence-corrected chi connectivity index (χ0v) is 11.5. The van der Waals surface area contributed by atoms with Crippen molar-refractivity contribution in [1.29, 1.82) is 0 Å². The average Bonchev–Trinajstić information content (AvgIpc) is 2.54. The van der Waals surface area contributed by atoms with E-state index in [0.29, 0.717) is 19.6 Å². The van der Waals surface area contributed by atoms with E-state index in [9.17, 15) is 4.79 Å². The maximum Gasteiger partial charge on any atom is 0.227 e. The van der Waals surface area contributed by atoms with Gasteiger partial charge in [-0.1, -0.05) is 6.92 Å². The molecule has 1 aromatic carbocycles. The van der Waals surface area contributed by atoms with Crippen LogP contribution in [-0.4, -0.2) is 25.7 Å². The van der Waals surface area contributed by atoms with Crippen LogP contribution in [0.15, 0.2) is 18.2 Å². The molecule has 0 aromatic heterocycles. The minimum Gasteiger partial charge on any atom is -0.399 e. The molecule has 0 unspecified atom stereocenters. The summed E-state index contributed by atoms with van der Waals surface area (Å²) in [6, 6.07) is 5.79. The van der Waals surface area contributed by atoms with Crippen molar-refractivity contribution in [1.82, 2.24) is 0 Å². The lowest BCUT2D eigenvalue weighted by Gasteiger charge is -2.23. The minimum atomic E-state index is 0.184. The van der Waals surface area contributed by atoms with Crippen molar-refractivity contribution < 1.29 is 9.53 Å². The van der Waals surface area contributed by atoms with Crippen LogP contribution in [0.2, 0.25) is 0 Å². The highest BCUT2D eigenvalue weighted by Gasteiger charge is 2.21. The van der Waals surface area contributed by atoms with Gasteiger partial charge in [0.15, 0.2) is 0 Å². The quantitative estimate of drug-likeness (QED) is 0.654. The lowest BCUT2D eigenvalue weighted by atomic mass is 10.1. The van der Waals surface area contributed by atoms with E-state index in [4.69, 9.17) is 10.5 Å². The molecule has 104 valence electrons. The number of fused-ring (bicyclic) bond motifs is 1. The molecule has 0 atom stereocenters. The number of hydrogen-bond donors (Lipinski definition) is 1. The molecular weight excluding hydrogens is 240 g/mol. The highest BCUT2D eigenvalue weighted by atomic mass is 16.5. The molecule has 1 aliphatic rings. The Hall–Kier alpha value is -1.55. The third-order valence-electron chi connectivity index (χ3n) is 3.34. The second-order valence-corrected chi connectivity index (χ2v) is 4.90. The molecule has 0 bridgehead atoms. The molecule has 0 spiro atoms. The highest BCUT2D eigenvalue weighted by molar-refractivity contribution is 5.95. The molecule has 2 rings (SSSR count). The number of nitrogens with two attached hydrogens (primary N) is 1. The summed E-state index contributed by atoms with van der Waals surface area (Å²) in [4.78, 5) is 14.0. The number of benzene rings is 1. The first-order valence-corrected chi connectivity index (χ1v) is 6.99. The summed E-state index contributed by atoms with van der Waals surface area (Å²) in [5, 5.41) is 0. The zero-order chi connectivity index (χ0) is 13.7. The SMILES string of the molecule is CCCOCCN1C(=O)CCCc2cc(N)ccc21. The zero-order valence-electron chi connectivity index (χ0n) is 11.5. The molecule has 4 heteroatoms. The van der Waals surface area contributed by atoms with Crippen molar-refractivity contribution >= 4 is 17.3 Å². The van der Waals surface area contributed by atoms with Gasteiger partial charge in [-0.15, -0.1) is 0 Å². The number of rotatable bonds is 5. The van der Waals surface area contributed by atoms with E-state index in [1.807, 2.05) is 23.1 Å². The summed E-state index contributed by atoms with van der Waals surface area (Å²) in [6.07, 6.45) is 3.41. The molecular formula is C15H22N2O2. The predicted molar refractivity (Wildman–Crippen MR) is 77.3 cm³/mol. The van der Waals surface area contributed by atoms with Gasteiger partial charge in [0, 0.05) is 30.9 Å². The molecule has 2 N–H and O–H groups in total. The summed E-state index contributed by atoms with van der Waals surface area (Å²) in [5.74, 6) is 0.184. The predicted octanol–water partition coefficient (Wildman–Crippen LogP) is 2.36. The van der Waals surface area contributed by atoms with E-state index < -0.39 is 0 Å². The maximum atomic E-state index is 12.2. The van der Waals surface area contributed by atoms with E-state index >= 15 is 0 Å². The van der Waals surface area contributed by atoms with Gasteiger partial charge in [0.05, 0.1) is 6.61 Å². The molecule has 1 aliphatic heterocycles. The van der Waals surface area contributed by atoms with Gasteiger partial charge < -0.3 is 15.4 Å². The van der Waals surface area contributed by atoms with E-state index in [0.717, 1.165) is 37.2 Å². The van der Waals surface area contributed by atoms with Crippen LogP contribution in [0, 0.1) is 0 Å². The Morgan fingerprint density at radius 2 is 2.16 bits per heavy atom. The topological polar surface area (TPSA) is 55.6 Å². The van der Waals surface area contributed by atoms with Crippen molar-refractivity contribution in [3.05, 3.63) is 23.8 Å². The fourth-order valence-electron chi connectivity index (χ4n) is 2.42. The Kier molecular flexibility index (Phi) is 4.80. The number of aryl methyl sites for hydroxylation is 1. The van der Waals surface area contributed by atoms with Gasteiger partial charge in [0.2, 0.25) is 5.91 Å². The summed E-state index contributed by atoms with van der Waals surface area (Å²) in [6.45, 7) is 4.03. The van der Waals surface area contributed by atoms with Crippen LogP contribution < -0.4 is 10.6 Å². The van der Waals surface area contributed by atoms with Crippen LogP contribution in [0.25, 0.3) is 0 Å². The smallest absolute Gasteiger partial charge is 0.227 e. The van der Waals surface area contributed by atoms with Gasteiger partial charge in [-0.3, -0.25) is 4.79 Å². The summed E-state index contributed by atoms with van der Waals surface area (Å²) in [7, 11) is 0. The number of amides is 1. The van der Waals surface area contributed by atoms with Crippen molar-refractivity contribution in [2.75, 3.05) is 30.4 Å². The highest BCUT2D eigenvalue weighted by Crippen LogP contribution is 2.28. The number of hydrogen-bond acceptors (Lipinski definition) is 3. The summed E-state index contributed by atoms with van der Waals surface area (Å²) < 4.78 is 5.49. The van der Waals surface area contributed by atoms with Gasteiger partial charge in [0.25, 0.3) is 0 Å². The third kappa shape index (κ3) is 3.47. The number of carbonyl (C=O) groups excluding carboxylic acids is 1. The van der Waals surface area contributed by atoms with Gasteiger partial charge >= 0.3 is 0 Å². The molecule has 0 saturated carbocycles. The van der Waals surface area contributed by atoms with Gasteiger partial charge in [-0.2, -0.15) is 0 Å². The Bertz CT molecular complexity index is 446. The maximum absolute atomic E-state index is 12.2. The third-order valence-corrected chi connectivity index (χ3v) is 3.34. The van der Waals surface area contributed by atoms with Crippen molar-refractivity contribution in [2.24, 2.45) is 0 Å². The molecule has 0 radical (unpaired) electrons. The van der Waals surface area contributed by atoms with Crippen LogP contribution >= 0.6 is 0 Å². The first-order chi connectivity index (χ1) is 9.22. The van der Waals surface area contributed by atoms with Gasteiger partial charge in [-0.05, 0) is 43.0 Å². The molecule has 4 nitrogen and oxygen atoms in total.